The van der Waals surface area contributed by atoms with Crippen molar-refractivity contribution in [2.75, 3.05) is 13.1 Å². The van der Waals surface area contributed by atoms with Gasteiger partial charge in [-0.25, -0.2) is 4.79 Å². The van der Waals surface area contributed by atoms with Crippen molar-refractivity contribution in [3.8, 4) is 0 Å². The van der Waals surface area contributed by atoms with Gasteiger partial charge in [-0.3, -0.25) is 0 Å². The molecule has 0 saturated heterocycles. The second-order valence-corrected chi connectivity index (χ2v) is 7.59. The van der Waals surface area contributed by atoms with E-state index >= 15 is 0 Å². The molecule has 4 nitrogen and oxygen atoms in total. The normalized spacial score (nSPS) is 32.4. The molecule has 0 aromatic carbocycles. The van der Waals surface area contributed by atoms with Crippen LogP contribution in [0.25, 0.3) is 0 Å². The molecule has 5 heteroatoms. The Hall–Kier alpha value is -0.480. The quantitative estimate of drug-likeness (QED) is 0.841. The van der Waals surface area contributed by atoms with Crippen molar-refractivity contribution in [2.45, 2.75) is 64.9 Å². The van der Waals surface area contributed by atoms with Crippen LogP contribution in [0.1, 0.15) is 59.3 Å². The first-order valence-corrected chi connectivity index (χ1v) is 7.45. The van der Waals surface area contributed by atoms with Crippen molar-refractivity contribution >= 4 is 18.5 Å². The summed E-state index contributed by atoms with van der Waals surface area (Å²) >= 11 is 0. The summed E-state index contributed by atoms with van der Waals surface area (Å²) in [6.07, 6.45) is 7.01. The number of nitrogens with one attached hydrogen (secondary N) is 1. The first-order chi connectivity index (χ1) is 8.78. The van der Waals surface area contributed by atoms with E-state index in [1.807, 2.05) is 20.8 Å². The summed E-state index contributed by atoms with van der Waals surface area (Å²) in [6.45, 7) is 7.20. The van der Waals surface area contributed by atoms with E-state index in [1.54, 1.807) is 0 Å². The van der Waals surface area contributed by atoms with E-state index in [-0.39, 0.29) is 23.9 Å². The second kappa shape index (κ2) is 6.10. The SMILES string of the molecule is CC(C)(C)OC(=O)NCC12CCCC(CN)(CC1)C2.Cl. The van der Waals surface area contributed by atoms with Gasteiger partial charge in [-0.05, 0) is 70.3 Å². The van der Waals surface area contributed by atoms with Crippen LogP contribution in [0, 0.1) is 10.8 Å². The van der Waals surface area contributed by atoms with Crippen molar-refractivity contribution in [2.24, 2.45) is 16.6 Å². The lowest BCUT2D eigenvalue weighted by Crippen LogP contribution is -2.42. The molecule has 2 saturated carbocycles. The number of ether oxygens (including phenoxy) is 1. The van der Waals surface area contributed by atoms with Crippen LogP contribution in [0.5, 0.6) is 0 Å². The van der Waals surface area contributed by atoms with Crippen LogP contribution in [0.3, 0.4) is 0 Å². The number of hydrogen-bond acceptors (Lipinski definition) is 3. The van der Waals surface area contributed by atoms with Gasteiger partial charge < -0.3 is 15.8 Å². The van der Waals surface area contributed by atoms with E-state index in [9.17, 15) is 4.79 Å². The molecule has 3 N–H and O–H groups in total. The standard InChI is InChI=1S/C15H28N2O2.ClH/c1-13(2,3)19-12(18)17-11-15-6-4-5-14(9-15,10-16)7-8-15;/h4-11,16H2,1-3H3,(H,17,18);1H. The maximum Gasteiger partial charge on any atom is 0.407 e. The van der Waals surface area contributed by atoms with Crippen LogP contribution < -0.4 is 11.1 Å². The zero-order valence-electron chi connectivity index (χ0n) is 13.0. The topological polar surface area (TPSA) is 64.3 Å². The van der Waals surface area contributed by atoms with Gasteiger partial charge in [0.15, 0.2) is 0 Å². The van der Waals surface area contributed by atoms with Crippen LogP contribution in [0.15, 0.2) is 0 Å². The predicted molar refractivity (Wildman–Crippen MR) is 83.1 cm³/mol. The van der Waals surface area contributed by atoms with Gasteiger partial charge in [-0.1, -0.05) is 6.42 Å². The number of alkyl carbamates (subject to hydrolysis) is 1. The van der Waals surface area contributed by atoms with E-state index in [2.05, 4.69) is 5.32 Å². The molecule has 0 aliphatic heterocycles. The predicted octanol–water partition coefficient (Wildman–Crippen LogP) is 3.23. The molecule has 1 amide bonds. The third-order valence-electron chi connectivity index (χ3n) is 4.79. The van der Waals surface area contributed by atoms with Gasteiger partial charge in [-0.15, -0.1) is 12.4 Å². The second-order valence-electron chi connectivity index (χ2n) is 7.59. The van der Waals surface area contributed by atoms with Crippen LogP contribution >= 0.6 is 12.4 Å². The molecule has 0 aromatic heterocycles. The van der Waals surface area contributed by atoms with E-state index in [1.165, 1.54) is 38.5 Å². The number of halogens is 1. The highest BCUT2D eigenvalue weighted by molar-refractivity contribution is 5.85. The number of rotatable bonds is 3. The lowest BCUT2D eigenvalue weighted by atomic mass is 9.69. The lowest BCUT2D eigenvalue weighted by Gasteiger charge is -2.39. The molecule has 2 bridgehead atoms. The molecular formula is C15H29ClN2O2. The van der Waals surface area contributed by atoms with Crippen molar-refractivity contribution < 1.29 is 9.53 Å². The van der Waals surface area contributed by atoms with Gasteiger partial charge in [0.05, 0.1) is 0 Å². The summed E-state index contributed by atoms with van der Waals surface area (Å²) in [5, 5.41) is 2.97. The summed E-state index contributed by atoms with van der Waals surface area (Å²) in [6, 6.07) is 0. The Labute approximate surface area is 128 Å². The minimum atomic E-state index is -0.426. The van der Waals surface area contributed by atoms with Gasteiger partial charge in [0.1, 0.15) is 5.60 Å². The lowest BCUT2D eigenvalue weighted by molar-refractivity contribution is 0.0477. The first-order valence-electron chi connectivity index (χ1n) is 7.45. The molecule has 2 aliphatic rings. The van der Waals surface area contributed by atoms with E-state index in [4.69, 9.17) is 10.5 Å². The minimum absolute atomic E-state index is 0. The summed E-state index contributed by atoms with van der Waals surface area (Å²) in [7, 11) is 0. The molecule has 2 aliphatic carbocycles. The van der Waals surface area contributed by atoms with Crippen LogP contribution in [-0.2, 0) is 4.74 Å². The number of hydrogen-bond donors (Lipinski definition) is 2. The van der Waals surface area contributed by atoms with Crippen molar-refractivity contribution in [1.29, 1.82) is 0 Å². The fourth-order valence-electron chi connectivity index (χ4n) is 3.86. The largest absolute Gasteiger partial charge is 0.444 e. The van der Waals surface area contributed by atoms with E-state index < -0.39 is 5.60 Å². The summed E-state index contributed by atoms with van der Waals surface area (Å²) < 4.78 is 5.31. The molecular weight excluding hydrogens is 276 g/mol. The Balaban J connectivity index is 0.00000200. The van der Waals surface area contributed by atoms with Gasteiger partial charge in [0, 0.05) is 6.54 Å². The molecule has 2 unspecified atom stereocenters. The highest BCUT2D eigenvalue weighted by atomic mass is 35.5. The number of carbonyl (C=O) groups excluding carboxylic acids is 1. The average molecular weight is 305 g/mol. The molecule has 0 aromatic rings. The number of amides is 1. The molecule has 2 rings (SSSR count). The smallest absolute Gasteiger partial charge is 0.407 e. The van der Waals surface area contributed by atoms with Gasteiger partial charge in [-0.2, -0.15) is 0 Å². The first kappa shape index (κ1) is 17.6. The third-order valence-corrected chi connectivity index (χ3v) is 4.79. The Morgan fingerprint density at radius 1 is 1.20 bits per heavy atom. The number of fused-ring (bicyclic) bond motifs is 2. The Morgan fingerprint density at radius 2 is 1.80 bits per heavy atom. The highest BCUT2D eigenvalue weighted by Crippen LogP contribution is 2.57. The van der Waals surface area contributed by atoms with E-state index in [0.29, 0.717) is 5.41 Å². The maximum absolute atomic E-state index is 11.8. The Morgan fingerprint density at radius 3 is 2.40 bits per heavy atom. The van der Waals surface area contributed by atoms with Gasteiger partial charge >= 0.3 is 6.09 Å². The molecule has 2 fully saturated rings. The van der Waals surface area contributed by atoms with Gasteiger partial charge in [0.2, 0.25) is 0 Å². The van der Waals surface area contributed by atoms with E-state index in [0.717, 1.165) is 13.1 Å². The number of nitrogens with two attached hydrogens (primary N) is 1. The Kier molecular flexibility index (Phi) is 5.36. The van der Waals surface area contributed by atoms with Crippen molar-refractivity contribution in [1.82, 2.24) is 5.32 Å². The molecule has 0 heterocycles. The number of carbonyl (C=O) groups is 1. The fraction of sp³-hybridized carbons (Fsp3) is 0.933. The average Bonchev–Trinajstić information content (AvgIpc) is 2.58. The molecule has 2 atom stereocenters. The molecule has 0 radical (unpaired) electrons. The summed E-state index contributed by atoms with van der Waals surface area (Å²) in [5.41, 5.74) is 6.16. The molecule has 118 valence electrons. The third kappa shape index (κ3) is 4.01. The molecule has 20 heavy (non-hydrogen) atoms. The van der Waals surface area contributed by atoms with Crippen molar-refractivity contribution in [3.63, 3.8) is 0 Å². The van der Waals surface area contributed by atoms with Crippen LogP contribution in [-0.4, -0.2) is 24.8 Å². The zero-order valence-corrected chi connectivity index (χ0v) is 13.8. The van der Waals surface area contributed by atoms with Crippen LogP contribution in [0.4, 0.5) is 4.79 Å². The minimum Gasteiger partial charge on any atom is -0.444 e. The van der Waals surface area contributed by atoms with Crippen molar-refractivity contribution in [3.05, 3.63) is 0 Å². The fourth-order valence-corrected chi connectivity index (χ4v) is 3.86. The van der Waals surface area contributed by atoms with Gasteiger partial charge in [0.25, 0.3) is 0 Å². The zero-order chi connectivity index (χ0) is 14.1. The monoisotopic (exact) mass is 304 g/mol. The molecule has 0 spiro atoms. The summed E-state index contributed by atoms with van der Waals surface area (Å²) in [4.78, 5) is 11.8. The van der Waals surface area contributed by atoms with Crippen LogP contribution in [0.2, 0.25) is 0 Å². The maximum atomic E-state index is 11.8. The highest BCUT2D eigenvalue weighted by Gasteiger charge is 2.50. The summed E-state index contributed by atoms with van der Waals surface area (Å²) in [5.74, 6) is 0. The Bertz CT molecular complexity index is 356.